The van der Waals surface area contributed by atoms with Crippen molar-refractivity contribution in [3.8, 4) is 5.75 Å². The smallest absolute Gasteiger partial charge is 0.142 e. The second kappa shape index (κ2) is 6.30. The Balaban J connectivity index is 2.23. The average molecular weight is 208 g/mol. The second-order valence-electron chi connectivity index (χ2n) is 3.65. The summed E-state index contributed by atoms with van der Waals surface area (Å²) in [5.41, 5.74) is 6.44. The summed E-state index contributed by atoms with van der Waals surface area (Å²) in [5.74, 6) is 0.767. The van der Waals surface area contributed by atoms with E-state index in [2.05, 4.69) is 19.2 Å². The van der Waals surface area contributed by atoms with Crippen molar-refractivity contribution in [1.82, 2.24) is 5.32 Å². The van der Waals surface area contributed by atoms with E-state index in [4.69, 9.17) is 10.5 Å². The van der Waals surface area contributed by atoms with Gasteiger partial charge in [-0.2, -0.15) is 0 Å². The fraction of sp³-hybridized carbons (Fsp3) is 0.500. The van der Waals surface area contributed by atoms with E-state index in [1.54, 1.807) is 0 Å². The van der Waals surface area contributed by atoms with Crippen LogP contribution in [0.25, 0.3) is 0 Å². The highest BCUT2D eigenvalue weighted by atomic mass is 16.5. The zero-order chi connectivity index (χ0) is 11.1. The van der Waals surface area contributed by atoms with Crippen LogP contribution in [0.15, 0.2) is 24.3 Å². The van der Waals surface area contributed by atoms with E-state index < -0.39 is 0 Å². The molecule has 0 aliphatic rings. The van der Waals surface area contributed by atoms with Crippen LogP contribution in [-0.2, 0) is 0 Å². The fourth-order valence-corrected chi connectivity index (χ4v) is 1.22. The minimum atomic E-state index is 0.543. The van der Waals surface area contributed by atoms with Gasteiger partial charge in [0.2, 0.25) is 0 Å². The van der Waals surface area contributed by atoms with Gasteiger partial charge < -0.3 is 15.8 Å². The minimum Gasteiger partial charge on any atom is -0.490 e. The van der Waals surface area contributed by atoms with Crippen LogP contribution in [-0.4, -0.2) is 19.2 Å². The zero-order valence-electron chi connectivity index (χ0n) is 9.49. The van der Waals surface area contributed by atoms with Gasteiger partial charge in [0.1, 0.15) is 12.4 Å². The minimum absolute atomic E-state index is 0.543. The first-order chi connectivity index (χ1) is 7.24. The van der Waals surface area contributed by atoms with E-state index in [1.807, 2.05) is 24.3 Å². The summed E-state index contributed by atoms with van der Waals surface area (Å²) in [6.45, 7) is 5.83. The maximum absolute atomic E-state index is 5.74. The van der Waals surface area contributed by atoms with Crippen LogP contribution in [0, 0.1) is 0 Å². The van der Waals surface area contributed by atoms with Gasteiger partial charge in [0.25, 0.3) is 0 Å². The molecule has 0 saturated heterocycles. The molecular weight excluding hydrogens is 188 g/mol. The van der Waals surface area contributed by atoms with Gasteiger partial charge >= 0.3 is 0 Å². The van der Waals surface area contributed by atoms with Crippen molar-refractivity contribution in [3.63, 3.8) is 0 Å². The Hall–Kier alpha value is -1.22. The summed E-state index contributed by atoms with van der Waals surface area (Å²) in [6, 6.07) is 8.10. The molecule has 1 aromatic rings. The number of rotatable bonds is 6. The Morgan fingerprint density at radius 3 is 2.80 bits per heavy atom. The molecule has 84 valence electrons. The maximum atomic E-state index is 5.74. The summed E-state index contributed by atoms with van der Waals surface area (Å²) in [6.07, 6.45) is 1.13. The van der Waals surface area contributed by atoms with E-state index in [1.165, 1.54) is 0 Å². The average Bonchev–Trinajstić information content (AvgIpc) is 2.26. The van der Waals surface area contributed by atoms with Crippen LogP contribution < -0.4 is 15.8 Å². The number of hydrogen-bond donors (Lipinski definition) is 2. The standard InChI is InChI=1S/C12H20N2O/c1-3-10(2)14-8-9-15-12-7-5-4-6-11(12)13/h4-7,10,14H,3,8-9,13H2,1-2H3. The lowest BCUT2D eigenvalue weighted by atomic mass is 10.3. The molecular formula is C12H20N2O. The SMILES string of the molecule is CCC(C)NCCOc1ccccc1N. The Morgan fingerprint density at radius 2 is 2.13 bits per heavy atom. The molecule has 1 atom stereocenters. The van der Waals surface area contributed by atoms with E-state index in [0.29, 0.717) is 18.3 Å². The molecule has 3 heteroatoms. The second-order valence-corrected chi connectivity index (χ2v) is 3.65. The van der Waals surface area contributed by atoms with Crippen LogP contribution >= 0.6 is 0 Å². The molecule has 0 amide bonds. The highest BCUT2D eigenvalue weighted by Crippen LogP contribution is 2.19. The maximum Gasteiger partial charge on any atom is 0.142 e. The summed E-state index contributed by atoms with van der Waals surface area (Å²) in [5, 5.41) is 3.36. The predicted molar refractivity (Wildman–Crippen MR) is 64.1 cm³/mol. The van der Waals surface area contributed by atoms with Gasteiger partial charge in [-0.05, 0) is 25.5 Å². The first-order valence-electron chi connectivity index (χ1n) is 5.44. The van der Waals surface area contributed by atoms with Crippen molar-refractivity contribution >= 4 is 5.69 Å². The van der Waals surface area contributed by atoms with Crippen molar-refractivity contribution < 1.29 is 4.74 Å². The topological polar surface area (TPSA) is 47.3 Å². The van der Waals surface area contributed by atoms with Gasteiger partial charge in [0.15, 0.2) is 0 Å². The quantitative estimate of drug-likeness (QED) is 0.555. The molecule has 0 bridgehead atoms. The Labute approximate surface area is 91.6 Å². The van der Waals surface area contributed by atoms with Gasteiger partial charge in [0, 0.05) is 12.6 Å². The van der Waals surface area contributed by atoms with Gasteiger partial charge in [-0.15, -0.1) is 0 Å². The first kappa shape index (κ1) is 11.9. The molecule has 0 aliphatic heterocycles. The Bertz CT molecular complexity index is 289. The molecule has 0 saturated carbocycles. The lowest BCUT2D eigenvalue weighted by Gasteiger charge is -2.12. The molecule has 0 aliphatic carbocycles. The third-order valence-electron chi connectivity index (χ3n) is 2.38. The van der Waals surface area contributed by atoms with Gasteiger partial charge in [-0.3, -0.25) is 0 Å². The van der Waals surface area contributed by atoms with Crippen LogP contribution in [0.4, 0.5) is 5.69 Å². The number of ether oxygens (including phenoxy) is 1. The number of hydrogen-bond acceptors (Lipinski definition) is 3. The van der Waals surface area contributed by atoms with Crippen LogP contribution in [0.1, 0.15) is 20.3 Å². The van der Waals surface area contributed by atoms with Gasteiger partial charge in [0.05, 0.1) is 5.69 Å². The molecule has 0 heterocycles. The third-order valence-corrected chi connectivity index (χ3v) is 2.38. The monoisotopic (exact) mass is 208 g/mol. The normalized spacial score (nSPS) is 12.4. The highest BCUT2D eigenvalue weighted by molar-refractivity contribution is 5.51. The molecule has 1 unspecified atom stereocenters. The number of benzene rings is 1. The van der Waals surface area contributed by atoms with Crippen LogP contribution in [0.5, 0.6) is 5.75 Å². The third kappa shape index (κ3) is 4.21. The molecule has 0 aromatic heterocycles. The van der Waals surface area contributed by atoms with Crippen molar-refractivity contribution in [2.45, 2.75) is 26.3 Å². The van der Waals surface area contributed by atoms with Gasteiger partial charge in [-0.1, -0.05) is 19.1 Å². The molecule has 1 rings (SSSR count). The number of nitrogens with two attached hydrogens (primary N) is 1. The molecule has 0 radical (unpaired) electrons. The summed E-state index contributed by atoms with van der Waals surface area (Å²) >= 11 is 0. The summed E-state index contributed by atoms with van der Waals surface area (Å²) in [7, 11) is 0. The zero-order valence-corrected chi connectivity index (χ0v) is 9.49. The molecule has 15 heavy (non-hydrogen) atoms. The summed E-state index contributed by atoms with van der Waals surface area (Å²) < 4.78 is 5.54. The van der Waals surface area contributed by atoms with E-state index in [9.17, 15) is 0 Å². The molecule has 0 spiro atoms. The fourth-order valence-electron chi connectivity index (χ4n) is 1.22. The molecule has 3 nitrogen and oxygen atoms in total. The van der Waals surface area contributed by atoms with Crippen molar-refractivity contribution in [1.29, 1.82) is 0 Å². The molecule has 0 fully saturated rings. The molecule has 1 aromatic carbocycles. The van der Waals surface area contributed by atoms with Crippen molar-refractivity contribution in [2.75, 3.05) is 18.9 Å². The van der Waals surface area contributed by atoms with Crippen LogP contribution in [0.3, 0.4) is 0 Å². The number of anilines is 1. The lowest BCUT2D eigenvalue weighted by Crippen LogP contribution is -2.29. The predicted octanol–water partition coefficient (Wildman–Crippen LogP) is 2.04. The van der Waals surface area contributed by atoms with Gasteiger partial charge in [-0.25, -0.2) is 0 Å². The molecule has 3 N–H and O–H groups in total. The van der Waals surface area contributed by atoms with E-state index in [-0.39, 0.29) is 0 Å². The Morgan fingerprint density at radius 1 is 1.40 bits per heavy atom. The lowest BCUT2D eigenvalue weighted by molar-refractivity contribution is 0.307. The largest absolute Gasteiger partial charge is 0.490 e. The Kier molecular flexibility index (Phi) is 4.98. The number of nitrogen functional groups attached to an aromatic ring is 1. The van der Waals surface area contributed by atoms with Crippen molar-refractivity contribution in [3.05, 3.63) is 24.3 Å². The summed E-state index contributed by atoms with van der Waals surface area (Å²) in [4.78, 5) is 0. The van der Waals surface area contributed by atoms with Crippen molar-refractivity contribution in [2.24, 2.45) is 0 Å². The van der Waals surface area contributed by atoms with E-state index in [0.717, 1.165) is 18.7 Å². The number of para-hydroxylation sites is 2. The first-order valence-corrected chi connectivity index (χ1v) is 5.44. The van der Waals surface area contributed by atoms with E-state index >= 15 is 0 Å². The van der Waals surface area contributed by atoms with Crippen LogP contribution in [0.2, 0.25) is 0 Å². The highest BCUT2D eigenvalue weighted by Gasteiger charge is 1.99. The number of nitrogens with one attached hydrogen (secondary N) is 1.